The summed E-state index contributed by atoms with van der Waals surface area (Å²) in [5.74, 6) is 0.748. The van der Waals surface area contributed by atoms with Crippen molar-refractivity contribution in [2.45, 2.75) is 11.8 Å². The predicted molar refractivity (Wildman–Crippen MR) is 49.5 cm³/mol. The molecule has 0 spiro atoms. The number of benzene rings is 1. The maximum absolute atomic E-state index is 10.8. The van der Waals surface area contributed by atoms with E-state index in [9.17, 15) is 4.79 Å². The minimum absolute atomic E-state index is 0.0690. The molecule has 0 saturated heterocycles. The van der Waals surface area contributed by atoms with Gasteiger partial charge < -0.3 is 4.74 Å². The van der Waals surface area contributed by atoms with Gasteiger partial charge in [0.05, 0.1) is 12.0 Å². The van der Waals surface area contributed by atoms with Gasteiger partial charge in [-0.15, -0.1) is 0 Å². The lowest BCUT2D eigenvalue weighted by atomic mass is 10.3. The molecule has 1 aromatic carbocycles. The fourth-order valence-corrected chi connectivity index (χ4v) is 1.57. The third kappa shape index (κ3) is 2.27. The summed E-state index contributed by atoms with van der Waals surface area (Å²) >= 11 is 1.19. The van der Waals surface area contributed by atoms with Crippen LogP contribution in [0.25, 0.3) is 0 Å². The molecule has 0 N–H and O–H groups in total. The van der Waals surface area contributed by atoms with Crippen LogP contribution in [0.2, 0.25) is 0 Å². The minimum atomic E-state index is 0.0690. The Morgan fingerprint density at radius 1 is 1.42 bits per heavy atom. The Bertz CT molecular complexity index is 284. The minimum Gasteiger partial charge on any atom is -0.496 e. The van der Waals surface area contributed by atoms with Crippen LogP contribution < -0.4 is 4.74 Å². The molecule has 12 heavy (non-hydrogen) atoms. The zero-order valence-electron chi connectivity index (χ0n) is 7.03. The van der Waals surface area contributed by atoms with Gasteiger partial charge in [-0.25, -0.2) is 0 Å². The SMILES string of the molecule is COc1ccccc1SC(C)=O. The van der Waals surface area contributed by atoms with Crippen molar-refractivity contribution in [2.24, 2.45) is 0 Å². The molecule has 0 heterocycles. The van der Waals surface area contributed by atoms with Gasteiger partial charge >= 0.3 is 0 Å². The van der Waals surface area contributed by atoms with Crippen LogP contribution in [0, 0.1) is 0 Å². The fourth-order valence-electron chi connectivity index (χ4n) is 0.858. The largest absolute Gasteiger partial charge is 0.496 e. The lowest BCUT2D eigenvalue weighted by molar-refractivity contribution is -0.109. The molecule has 0 atom stereocenters. The van der Waals surface area contributed by atoms with Gasteiger partial charge in [-0.3, -0.25) is 4.79 Å². The summed E-state index contributed by atoms with van der Waals surface area (Å²) in [7, 11) is 1.60. The number of hydrogen-bond donors (Lipinski definition) is 0. The number of rotatable bonds is 2. The summed E-state index contributed by atoms with van der Waals surface area (Å²) in [6, 6.07) is 7.47. The number of ether oxygens (including phenoxy) is 1. The normalized spacial score (nSPS) is 9.50. The molecule has 0 aliphatic carbocycles. The molecule has 0 unspecified atom stereocenters. The summed E-state index contributed by atoms with van der Waals surface area (Å²) in [5.41, 5.74) is 0. The first-order valence-electron chi connectivity index (χ1n) is 3.55. The Morgan fingerprint density at radius 2 is 2.08 bits per heavy atom. The van der Waals surface area contributed by atoms with Crippen LogP contribution in [0.15, 0.2) is 29.2 Å². The molecule has 0 radical (unpaired) electrons. The Balaban J connectivity index is 2.89. The standard InChI is InChI=1S/C9H10O2S/c1-7(10)12-9-6-4-3-5-8(9)11-2/h3-6H,1-2H3. The van der Waals surface area contributed by atoms with E-state index in [-0.39, 0.29) is 5.12 Å². The van der Waals surface area contributed by atoms with Crippen molar-refractivity contribution in [2.75, 3.05) is 7.11 Å². The van der Waals surface area contributed by atoms with Gasteiger partial charge in [0.2, 0.25) is 0 Å². The number of para-hydroxylation sites is 1. The van der Waals surface area contributed by atoms with E-state index in [1.807, 2.05) is 24.3 Å². The van der Waals surface area contributed by atoms with Crippen molar-refractivity contribution in [3.63, 3.8) is 0 Å². The van der Waals surface area contributed by atoms with Crippen molar-refractivity contribution < 1.29 is 9.53 Å². The quantitative estimate of drug-likeness (QED) is 0.657. The summed E-state index contributed by atoms with van der Waals surface area (Å²) in [5, 5.41) is 0.0690. The molecule has 64 valence electrons. The monoisotopic (exact) mass is 182 g/mol. The lowest BCUT2D eigenvalue weighted by Gasteiger charge is -2.04. The molecule has 0 bridgehead atoms. The van der Waals surface area contributed by atoms with Crippen molar-refractivity contribution in [1.82, 2.24) is 0 Å². The molecule has 3 heteroatoms. The highest BCUT2D eigenvalue weighted by Crippen LogP contribution is 2.28. The van der Waals surface area contributed by atoms with Crippen LogP contribution in [-0.4, -0.2) is 12.2 Å². The lowest BCUT2D eigenvalue weighted by Crippen LogP contribution is -1.87. The molecular weight excluding hydrogens is 172 g/mol. The topological polar surface area (TPSA) is 26.3 Å². The highest BCUT2D eigenvalue weighted by Gasteiger charge is 2.03. The Morgan fingerprint density at radius 3 is 2.67 bits per heavy atom. The van der Waals surface area contributed by atoms with Crippen LogP contribution in [0.4, 0.5) is 0 Å². The van der Waals surface area contributed by atoms with E-state index in [1.54, 1.807) is 7.11 Å². The van der Waals surface area contributed by atoms with Crippen molar-refractivity contribution in [3.05, 3.63) is 24.3 Å². The zero-order valence-corrected chi connectivity index (χ0v) is 7.85. The number of hydrogen-bond acceptors (Lipinski definition) is 3. The number of carbonyl (C=O) groups excluding carboxylic acids is 1. The summed E-state index contributed by atoms with van der Waals surface area (Å²) < 4.78 is 5.07. The second-order valence-corrected chi connectivity index (χ2v) is 3.46. The third-order valence-electron chi connectivity index (χ3n) is 1.32. The maximum atomic E-state index is 10.8. The summed E-state index contributed by atoms with van der Waals surface area (Å²) in [6.07, 6.45) is 0. The first-order chi connectivity index (χ1) is 5.74. The predicted octanol–water partition coefficient (Wildman–Crippen LogP) is 2.33. The smallest absolute Gasteiger partial charge is 0.190 e. The van der Waals surface area contributed by atoms with E-state index in [1.165, 1.54) is 18.7 Å². The van der Waals surface area contributed by atoms with E-state index >= 15 is 0 Å². The highest BCUT2D eigenvalue weighted by atomic mass is 32.2. The summed E-state index contributed by atoms with van der Waals surface area (Å²) in [6.45, 7) is 1.54. The fraction of sp³-hybridized carbons (Fsp3) is 0.222. The Hall–Kier alpha value is -0.960. The first kappa shape index (κ1) is 9.13. The molecule has 0 amide bonds. The van der Waals surface area contributed by atoms with Crippen LogP contribution in [0.3, 0.4) is 0 Å². The Kier molecular flexibility index (Phi) is 3.17. The number of carbonyl (C=O) groups is 1. The number of thioether (sulfide) groups is 1. The molecule has 0 fully saturated rings. The zero-order chi connectivity index (χ0) is 8.97. The van der Waals surface area contributed by atoms with Gasteiger partial charge in [-0.05, 0) is 23.9 Å². The van der Waals surface area contributed by atoms with E-state index < -0.39 is 0 Å². The average Bonchev–Trinajstić information content (AvgIpc) is 2.04. The van der Waals surface area contributed by atoms with Crippen LogP contribution in [0.5, 0.6) is 5.75 Å². The summed E-state index contributed by atoms with van der Waals surface area (Å²) in [4.78, 5) is 11.7. The highest BCUT2D eigenvalue weighted by molar-refractivity contribution is 8.13. The Labute approximate surface area is 75.9 Å². The third-order valence-corrected chi connectivity index (χ3v) is 2.17. The van der Waals surface area contributed by atoms with Crippen LogP contribution >= 0.6 is 11.8 Å². The van der Waals surface area contributed by atoms with Gasteiger partial charge in [0.15, 0.2) is 5.12 Å². The van der Waals surface area contributed by atoms with E-state index in [2.05, 4.69) is 0 Å². The molecule has 0 aliphatic heterocycles. The first-order valence-corrected chi connectivity index (χ1v) is 4.37. The molecule has 2 nitrogen and oxygen atoms in total. The molecular formula is C9H10O2S. The van der Waals surface area contributed by atoms with Gasteiger partial charge in [-0.2, -0.15) is 0 Å². The van der Waals surface area contributed by atoms with E-state index in [0.29, 0.717) is 0 Å². The molecule has 0 aliphatic rings. The van der Waals surface area contributed by atoms with Gasteiger partial charge in [0.25, 0.3) is 0 Å². The second-order valence-electron chi connectivity index (χ2n) is 2.24. The molecule has 1 aromatic rings. The van der Waals surface area contributed by atoms with E-state index in [4.69, 9.17) is 4.74 Å². The number of methoxy groups -OCH3 is 1. The van der Waals surface area contributed by atoms with Crippen LogP contribution in [0.1, 0.15) is 6.92 Å². The van der Waals surface area contributed by atoms with E-state index in [0.717, 1.165) is 10.6 Å². The second kappa shape index (κ2) is 4.16. The van der Waals surface area contributed by atoms with Gasteiger partial charge in [0, 0.05) is 6.92 Å². The molecule has 0 saturated carbocycles. The van der Waals surface area contributed by atoms with Crippen molar-refractivity contribution >= 4 is 16.9 Å². The molecule has 1 rings (SSSR count). The van der Waals surface area contributed by atoms with Crippen molar-refractivity contribution in [3.8, 4) is 5.75 Å². The van der Waals surface area contributed by atoms with Gasteiger partial charge in [-0.1, -0.05) is 12.1 Å². The average molecular weight is 182 g/mol. The van der Waals surface area contributed by atoms with Gasteiger partial charge in [0.1, 0.15) is 5.75 Å². The van der Waals surface area contributed by atoms with Crippen LogP contribution in [-0.2, 0) is 4.79 Å². The maximum Gasteiger partial charge on any atom is 0.190 e. The van der Waals surface area contributed by atoms with Crippen molar-refractivity contribution in [1.29, 1.82) is 0 Å². The molecule has 0 aromatic heterocycles.